The Hall–Kier alpha value is -3.19. The average molecular weight is 314 g/mol. The van der Waals surface area contributed by atoms with Crippen molar-refractivity contribution in [3.63, 3.8) is 0 Å². The van der Waals surface area contributed by atoms with Gasteiger partial charge in [-0.25, -0.2) is 4.79 Å². The van der Waals surface area contributed by atoms with E-state index in [9.17, 15) is 9.90 Å². The minimum absolute atomic E-state index is 0.307. The molecule has 4 nitrogen and oxygen atoms in total. The van der Waals surface area contributed by atoms with Gasteiger partial charge in [0.1, 0.15) is 0 Å². The number of pyridine rings is 1. The molecule has 0 unspecified atom stereocenters. The number of carboxylic acids is 1. The third-order valence-corrected chi connectivity index (χ3v) is 4.48. The number of para-hydroxylation sites is 1. The lowest BCUT2D eigenvalue weighted by molar-refractivity contribution is 0.0695. The summed E-state index contributed by atoms with van der Waals surface area (Å²) in [6.45, 7) is 0. The molecular weight excluding hydrogens is 300 g/mol. The second-order valence-electron chi connectivity index (χ2n) is 6.06. The van der Waals surface area contributed by atoms with Crippen LogP contribution in [0.2, 0.25) is 0 Å². The van der Waals surface area contributed by atoms with Gasteiger partial charge < -0.3 is 5.11 Å². The standard InChI is InChI=1S/C20H14N2O2/c21-10-12-4-6-13(7-5-12)15-2-1-3-16-18(14-8-9-14)17(20(23)24)11-22-19(15)16/h1-7,11,14H,8-9H2,(H,23,24). The number of benzene rings is 2. The zero-order valence-electron chi connectivity index (χ0n) is 12.9. The maximum Gasteiger partial charge on any atom is 0.337 e. The van der Waals surface area contributed by atoms with Crippen molar-refractivity contribution in [1.82, 2.24) is 4.98 Å². The van der Waals surface area contributed by atoms with Crippen LogP contribution in [0, 0.1) is 11.3 Å². The highest BCUT2D eigenvalue weighted by Gasteiger charge is 2.30. The number of hydrogen-bond donors (Lipinski definition) is 1. The van der Waals surface area contributed by atoms with Crippen molar-refractivity contribution in [3.05, 3.63) is 65.4 Å². The van der Waals surface area contributed by atoms with Gasteiger partial charge in [0.05, 0.1) is 22.7 Å². The van der Waals surface area contributed by atoms with E-state index in [2.05, 4.69) is 11.1 Å². The van der Waals surface area contributed by atoms with E-state index in [0.717, 1.165) is 40.4 Å². The Balaban J connectivity index is 1.96. The summed E-state index contributed by atoms with van der Waals surface area (Å²) in [6.07, 6.45) is 3.53. The Morgan fingerprint density at radius 2 is 1.92 bits per heavy atom. The lowest BCUT2D eigenvalue weighted by Crippen LogP contribution is -2.04. The molecule has 1 heterocycles. The molecule has 4 rings (SSSR count). The molecule has 4 heteroatoms. The monoisotopic (exact) mass is 314 g/mol. The minimum Gasteiger partial charge on any atom is -0.478 e. The molecule has 1 fully saturated rings. The molecule has 0 bridgehead atoms. The molecule has 3 aromatic rings. The van der Waals surface area contributed by atoms with Crippen LogP contribution < -0.4 is 0 Å². The highest BCUT2D eigenvalue weighted by molar-refractivity contribution is 6.01. The normalized spacial score (nSPS) is 13.6. The molecule has 0 spiro atoms. The molecule has 1 aromatic heterocycles. The molecule has 0 radical (unpaired) electrons. The lowest BCUT2D eigenvalue weighted by Gasteiger charge is -2.12. The molecule has 0 amide bonds. The predicted octanol–water partition coefficient (Wildman–Crippen LogP) is 4.35. The first-order valence-electron chi connectivity index (χ1n) is 7.84. The van der Waals surface area contributed by atoms with Crippen LogP contribution in [-0.2, 0) is 0 Å². The predicted molar refractivity (Wildman–Crippen MR) is 90.8 cm³/mol. The van der Waals surface area contributed by atoms with Crippen molar-refractivity contribution in [2.45, 2.75) is 18.8 Å². The number of nitriles is 1. The van der Waals surface area contributed by atoms with Gasteiger partial charge in [-0.3, -0.25) is 4.98 Å². The van der Waals surface area contributed by atoms with Crippen LogP contribution >= 0.6 is 0 Å². The quantitative estimate of drug-likeness (QED) is 0.780. The summed E-state index contributed by atoms with van der Waals surface area (Å²) in [4.78, 5) is 16.0. The second-order valence-corrected chi connectivity index (χ2v) is 6.06. The van der Waals surface area contributed by atoms with Crippen LogP contribution in [0.3, 0.4) is 0 Å². The Bertz CT molecular complexity index is 997. The number of aromatic carboxylic acids is 1. The molecule has 0 atom stereocenters. The van der Waals surface area contributed by atoms with Crippen molar-refractivity contribution in [2.75, 3.05) is 0 Å². The van der Waals surface area contributed by atoms with Crippen LogP contribution in [0.4, 0.5) is 0 Å². The summed E-state index contributed by atoms with van der Waals surface area (Å²) in [5, 5.41) is 19.3. The Kier molecular flexibility index (Phi) is 3.28. The van der Waals surface area contributed by atoms with Gasteiger partial charge in [-0.2, -0.15) is 5.26 Å². The van der Waals surface area contributed by atoms with Crippen molar-refractivity contribution in [2.24, 2.45) is 0 Å². The highest BCUT2D eigenvalue weighted by Crippen LogP contribution is 2.45. The van der Waals surface area contributed by atoms with Crippen LogP contribution in [0.25, 0.3) is 22.0 Å². The molecular formula is C20H14N2O2. The van der Waals surface area contributed by atoms with Crippen LogP contribution in [0.5, 0.6) is 0 Å². The fourth-order valence-corrected chi connectivity index (χ4v) is 3.18. The van der Waals surface area contributed by atoms with Gasteiger partial charge in [-0.1, -0.05) is 30.3 Å². The maximum absolute atomic E-state index is 11.6. The van der Waals surface area contributed by atoms with Gasteiger partial charge >= 0.3 is 5.97 Å². The molecule has 1 saturated carbocycles. The Morgan fingerprint density at radius 1 is 1.17 bits per heavy atom. The Labute approximate surface area is 139 Å². The number of fused-ring (bicyclic) bond motifs is 1. The lowest BCUT2D eigenvalue weighted by atomic mass is 9.95. The van der Waals surface area contributed by atoms with Crippen molar-refractivity contribution in [3.8, 4) is 17.2 Å². The highest BCUT2D eigenvalue weighted by atomic mass is 16.4. The van der Waals surface area contributed by atoms with Crippen molar-refractivity contribution in [1.29, 1.82) is 5.26 Å². The summed E-state index contributed by atoms with van der Waals surface area (Å²) >= 11 is 0. The SMILES string of the molecule is N#Cc1ccc(-c2cccc3c(C4CC4)c(C(=O)O)cnc23)cc1. The fourth-order valence-electron chi connectivity index (χ4n) is 3.18. The number of nitrogens with zero attached hydrogens (tertiary/aromatic N) is 2. The van der Waals surface area contributed by atoms with Crippen molar-refractivity contribution >= 4 is 16.9 Å². The van der Waals surface area contributed by atoms with E-state index in [1.807, 2.05) is 30.3 Å². The van der Waals surface area contributed by atoms with Gasteiger partial charge in [0, 0.05) is 17.1 Å². The van der Waals surface area contributed by atoms with E-state index in [1.165, 1.54) is 6.20 Å². The summed E-state index contributed by atoms with van der Waals surface area (Å²) < 4.78 is 0. The summed E-state index contributed by atoms with van der Waals surface area (Å²) in [5.41, 5.74) is 4.56. The number of aromatic nitrogens is 1. The first kappa shape index (κ1) is 14.4. The van der Waals surface area contributed by atoms with E-state index in [4.69, 9.17) is 5.26 Å². The topological polar surface area (TPSA) is 74.0 Å². The van der Waals surface area contributed by atoms with E-state index in [0.29, 0.717) is 17.0 Å². The maximum atomic E-state index is 11.6. The van der Waals surface area contributed by atoms with Crippen LogP contribution in [0.15, 0.2) is 48.7 Å². The third-order valence-electron chi connectivity index (χ3n) is 4.48. The minimum atomic E-state index is -0.921. The fraction of sp³-hybridized carbons (Fsp3) is 0.150. The molecule has 24 heavy (non-hydrogen) atoms. The smallest absolute Gasteiger partial charge is 0.337 e. The molecule has 1 aliphatic rings. The Morgan fingerprint density at radius 3 is 2.54 bits per heavy atom. The largest absolute Gasteiger partial charge is 0.478 e. The molecule has 0 saturated heterocycles. The van der Waals surface area contributed by atoms with E-state index < -0.39 is 5.97 Å². The number of carbonyl (C=O) groups is 1. The van der Waals surface area contributed by atoms with Crippen LogP contribution in [0.1, 0.15) is 40.2 Å². The zero-order chi connectivity index (χ0) is 16.7. The number of rotatable bonds is 3. The first-order chi connectivity index (χ1) is 11.7. The zero-order valence-corrected chi connectivity index (χ0v) is 12.9. The van der Waals surface area contributed by atoms with E-state index in [1.54, 1.807) is 12.1 Å². The van der Waals surface area contributed by atoms with Gasteiger partial charge in [0.25, 0.3) is 0 Å². The number of carboxylic acid groups (broad SMARTS) is 1. The molecule has 116 valence electrons. The molecule has 2 aromatic carbocycles. The van der Waals surface area contributed by atoms with Gasteiger partial charge in [0.2, 0.25) is 0 Å². The van der Waals surface area contributed by atoms with Gasteiger partial charge in [0.15, 0.2) is 0 Å². The van der Waals surface area contributed by atoms with E-state index in [-0.39, 0.29) is 0 Å². The average Bonchev–Trinajstić information content (AvgIpc) is 3.45. The summed E-state index contributed by atoms with van der Waals surface area (Å²) in [7, 11) is 0. The van der Waals surface area contributed by atoms with E-state index >= 15 is 0 Å². The van der Waals surface area contributed by atoms with Crippen LogP contribution in [-0.4, -0.2) is 16.1 Å². The van der Waals surface area contributed by atoms with Crippen molar-refractivity contribution < 1.29 is 9.90 Å². The molecule has 1 aliphatic carbocycles. The van der Waals surface area contributed by atoms with Gasteiger partial charge in [-0.15, -0.1) is 0 Å². The molecule has 1 N–H and O–H groups in total. The third kappa shape index (κ3) is 2.31. The summed E-state index contributed by atoms with van der Waals surface area (Å²) in [5.74, 6) is -0.604. The molecule has 0 aliphatic heterocycles. The first-order valence-corrected chi connectivity index (χ1v) is 7.84. The summed E-state index contributed by atoms with van der Waals surface area (Å²) in [6, 6.07) is 15.3. The van der Waals surface area contributed by atoms with Gasteiger partial charge in [-0.05, 0) is 42.0 Å². The number of hydrogen-bond acceptors (Lipinski definition) is 3. The second kappa shape index (κ2) is 5.47.